The van der Waals surface area contributed by atoms with Crippen LogP contribution in [0.1, 0.15) is 45.4 Å². The molecule has 14 heavy (non-hydrogen) atoms. The number of amides is 1. The Balaban J connectivity index is 3.67. The second kappa shape index (κ2) is 8.97. The van der Waals surface area contributed by atoms with E-state index in [0.29, 0.717) is 6.42 Å². The van der Waals surface area contributed by atoms with Crippen LogP contribution in [0.3, 0.4) is 0 Å². The number of aliphatic hydroxyl groups excluding tert-OH is 1. The Morgan fingerprint density at radius 1 is 1.36 bits per heavy atom. The number of carbonyl (C=O) groups excluding carboxylic acids is 1. The number of rotatable bonds is 8. The molecule has 0 saturated heterocycles. The van der Waals surface area contributed by atoms with Gasteiger partial charge in [0, 0.05) is 12.5 Å². The van der Waals surface area contributed by atoms with Gasteiger partial charge < -0.3 is 5.11 Å². The first-order valence-corrected chi connectivity index (χ1v) is 5.37. The molecule has 0 aliphatic carbocycles. The Morgan fingerprint density at radius 2 is 2.07 bits per heavy atom. The third kappa shape index (κ3) is 5.94. The van der Waals surface area contributed by atoms with Gasteiger partial charge in [-0.2, -0.15) is 0 Å². The third-order valence-electron chi connectivity index (χ3n) is 2.40. The number of hydrazine groups is 1. The highest BCUT2D eigenvalue weighted by Gasteiger charge is 2.15. The van der Waals surface area contributed by atoms with E-state index in [1.54, 1.807) is 0 Å². The summed E-state index contributed by atoms with van der Waals surface area (Å²) in [6, 6.07) is 0. The van der Waals surface area contributed by atoms with Gasteiger partial charge in [0.1, 0.15) is 0 Å². The molecule has 4 heteroatoms. The van der Waals surface area contributed by atoms with E-state index in [0.717, 1.165) is 19.3 Å². The molecule has 0 radical (unpaired) electrons. The maximum atomic E-state index is 11.2. The summed E-state index contributed by atoms with van der Waals surface area (Å²) in [7, 11) is 0. The van der Waals surface area contributed by atoms with Crippen molar-refractivity contribution in [2.45, 2.75) is 45.4 Å². The Kier molecular flexibility index (Phi) is 8.57. The van der Waals surface area contributed by atoms with Crippen LogP contribution in [0.25, 0.3) is 0 Å². The van der Waals surface area contributed by atoms with Crippen LogP contribution in [0.5, 0.6) is 0 Å². The lowest BCUT2D eigenvalue weighted by molar-refractivity contribution is -0.125. The summed E-state index contributed by atoms with van der Waals surface area (Å²) in [5.41, 5.74) is 2.14. The lowest BCUT2D eigenvalue weighted by Crippen LogP contribution is -2.36. The quantitative estimate of drug-likeness (QED) is 0.237. The molecule has 0 aliphatic heterocycles. The smallest absolute Gasteiger partial charge is 0.237 e. The van der Waals surface area contributed by atoms with Gasteiger partial charge in [0.2, 0.25) is 5.91 Å². The average Bonchev–Trinajstić information content (AvgIpc) is 2.21. The number of unbranched alkanes of at least 4 members (excludes halogenated alkanes) is 3. The molecule has 4 N–H and O–H groups in total. The summed E-state index contributed by atoms with van der Waals surface area (Å²) in [4.78, 5) is 11.2. The van der Waals surface area contributed by atoms with Gasteiger partial charge in [-0.3, -0.25) is 10.2 Å². The SMILES string of the molecule is CCCCCC[C@H](CCO)C(=O)NN. The van der Waals surface area contributed by atoms with Gasteiger partial charge in [0.15, 0.2) is 0 Å². The van der Waals surface area contributed by atoms with E-state index in [2.05, 4.69) is 12.3 Å². The molecule has 0 saturated carbocycles. The summed E-state index contributed by atoms with van der Waals surface area (Å²) < 4.78 is 0. The number of hydrogen-bond acceptors (Lipinski definition) is 3. The minimum Gasteiger partial charge on any atom is -0.396 e. The molecule has 0 aromatic rings. The molecule has 0 aromatic heterocycles. The van der Waals surface area contributed by atoms with Crippen LogP contribution in [-0.4, -0.2) is 17.6 Å². The largest absolute Gasteiger partial charge is 0.396 e. The number of nitrogens with two attached hydrogens (primary N) is 1. The predicted octanol–water partition coefficient (Wildman–Crippen LogP) is 0.945. The fourth-order valence-corrected chi connectivity index (χ4v) is 1.50. The topological polar surface area (TPSA) is 75.3 Å². The Hall–Kier alpha value is -0.610. The average molecular weight is 202 g/mol. The van der Waals surface area contributed by atoms with E-state index >= 15 is 0 Å². The number of aliphatic hydroxyl groups is 1. The molecule has 84 valence electrons. The van der Waals surface area contributed by atoms with Crippen molar-refractivity contribution in [3.05, 3.63) is 0 Å². The molecule has 0 heterocycles. The van der Waals surface area contributed by atoms with Crippen LogP contribution in [0.4, 0.5) is 0 Å². The second-order valence-electron chi connectivity index (χ2n) is 3.57. The van der Waals surface area contributed by atoms with Gasteiger partial charge in [0.25, 0.3) is 0 Å². The molecular weight excluding hydrogens is 180 g/mol. The summed E-state index contributed by atoms with van der Waals surface area (Å²) >= 11 is 0. The highest BCUT2D eigenvalue weighted by atomic mass is 16.3. The number of hydrogen-bond donors (Lipinski definition) is 3. The maximum Gasteiger partial charge on any atom is 0.237 e. The van der Waals surface area contributed by atoms with E-state index < -0.39 is 0 Å². The minimum absolute atomic E-state index is 0.0475. The molecule has 0 aromatic carbocycles. The van der Waals surface area contributed by atoms with E-state index in [1.165, 1.54) is 12.8 Å². The van der Waals surface area contributed by atoms with Crippen molar-refractivity contribution in [3.8, 4) is 0 Å². The van der Waals surface area contributed by atoms with Gasteiger partial charge in [-0.05, 0) is 12.8 Å². The highest BCUT2D eigenvalue weighted by Crippen LogP contribution is 2.14. The Bertz CT molecular complexity index is 151. The minimum atomic E-state index is -0.157. The number of nitrogens with one attached hydrogen (secondary N) is 1. The summed E-state index contributed by atoms with van der Waals surface area (Å²) in [5, 5.41) is 8.76. The van der Waals surface area contributed by atoms with Crippen LogP contribution in [0, 0.1) is 5.92 Å². The first-order valence-electron chi connectivity index (χ1n) is 5.37. The van der Waals surface area contributed by atoms with Gasteiger partial charge in [0.05, 0.1) is 0 Å². The van der Waals surface area contributed by atoms with E-state index in [4.69, 9.17) is 10.9 Å². The van der Waals surface area contributed by atoms with Gasteiger partial charge in [-0.25, -0.2) is 5.84 Å². The van der Waals surface area contributed by atoms with Crippen LogP contribution in [0.15, 0.2) is 0 Å². The molecule has 0 aliphatic rings. The van der Waals surface area contributed by atoms with E-state index in [-0.39, 0.29) is 18.4 Å². The lowest BCUT2D eigenvalue weighted by atomic mass is 9.97. The molecule has 0 bridgehead atoms. The monoisotopic (exact) mass is 202 g/mol. The zero-order valence-electron chi connectivity index (χ0n) is 8.96. The van der Waals surface area contributed by atoms with Crippen molar-refractivity contribution in [3.63, 3.8) is 0 Å². The fourth-order valence-electron chi connectivity index (χ4n) is 1.50. The molecule has 0 unspecified atom stereocenters. The predicted molar refractivity (Wildman–Crippen MR) is 56.3 cm³/mol. The van der Waals surface area contributed by atoms with Crippen molar-refractivity contribution in [2.75, 3.05) is 6.61 Å². The zero-order valence-corrected chi connectivity index (χ0v) is 8.96. The summed E-state index contributed by atoms with van der Waals surface area (Å²) in [6.45, 7) is 2.20. The first-order chi connectivity index (χ1) is 6.76. The van der Waals surface area contributed by atoms with Crippen LogP contribution >= 0.6 is 0 Å². The third-order valence-corrected chi connectivity index (χ3v) is 2.40. The molecule has 0 rings (SSSR count). The van der Waals surface area contributed by atoms with Crippen LogP contribution in [-0.2, 0) is 4.79 Å². The van der Waals surface area contributed by atoms with Gasteiger partial charge >= 0.3 is 0 Å². The highest BCUT2D eigenvalue weighted by molar-refractivity contribution is 5.77. The van der Waals surface area contributed by atoms with Gasteiger partial charge in [-0.15, -0.1) is 0 Å². The molecular formula is C10H22N2O2. The van der Waals surface area contributed by atoms with E-state index in [9.17, 15) is 4.79 Å². The van der Waals surface area contributed by atoms with Crippen molar-refractivity contribution < 1.29 is 9.90 Å². The molecule has 1 amide bonds. The summed E-state index contributed by atoms with van der Waals surface area (Å²) in [6.07, 6.45) is 5.91. The lowest BCUT2D eigenvalue weighted by Gasteiger charge is -2.13. The molecule has 4 nitrogen and oxygen atoms in total. The van der Waals surface area contributed by atoms with Crippen molar-refractivity contribution in [2.24, 2.45) is 11.8 Å². The molecule has 0 spiro atoms. The second-order valence-corrected chi connectivity index (χ2v) is 3.57. The fraction of sp³-hybridized carbons (Fsp3) is 0.900. The first kappa shape index (κ1) is 13.4. The van der Waals surface area contributed by atoms with Crippen LogP contribution < -0.4 is 11.3 Å². The Morgan fingerprint density at radius 3 is 2.57 bits per heavy atom. The van der Waals surface area contributed by atoms with Crippen molar-refractivity contribution >= 4 is 5.91 Å². The van der Waals surface area contributed by atoms with Gasteiger partial charge in [-0.1, -0.05) is 32.6 Å². The number of carbonyl (C=O) groups is 1. The zero-order chi connectivity index (χ0) is 10.8. The van der Waals surface area contributed by atoms with Crippen LogP contribution in [0.2, 0.25) is 0 Å². The maximum absolute atomic E-state index is 11.2. The Labute approximate surface area is 85.8 Å². The van der Waals surface area contributed by atoms with Crippen molar-refractivity contribution in [1.29, 1.82) is 0 Å². The molecule has 1 atom stereocenters. The molecule has 0 fully saturated rings. The summed E-state index contributed by atoms with van der Waals surface area (Å²) in [5.74, 6) is 4.77. The van der Waals surface area contributed by atoms with E-state index in [1.807, 2.05) is 0 Å². The van der Waals surface area contributed by atoms with Crippen molar-refractivity contribution in [1.82, 2.24) is 5.43 Å². The standard InChI is InChI=1S/C10H22N2O2/c1-2-3-4-5-6-9(7-8-13)10(14)12-11/h9,13H,2-8,11H2,1H3,(H,12,14)/t9-/m1/s1. The normalized spacial score (nSPS) is 12.5.